The van der Waals surface area contributed by atoms with Crippen molar-refractivity contribution < 1.29 is 24.2 Å². The number of nitrogens with zero attached hydrogens (tertiary/aromatic N) is 1. The summed E-state index contributed by atoms with van der Waals surface area (Å²) in [7, 11) is 0. The molecule has 0 aromatic heterocycles. The Morgan fingerprint density at radius 1 is 1.21 bits per heavy atom. The smallest absolute Gasteiger partial charge is 0.408 e. The number of rotatable bonds is 10. The van der Waals surface area contributed by atoms with Crippen LogP contribution in [0.3, 0.4) is 0 Å². The number of benzene rings is 1. The minimum Gasteiger partial charge on any atom is -0.444 e. The molecule has 3 N–H and O–H groups in total. The topological polar surface area (TPSA) is 108 Å². The predicted molar refractivity (Wildman–Crippen MR) is 131 cm³/mol. The van der Waals surface area contributed by atoms with Crippen molar-refractivity contribution in [2.45, 2.75) is 103 Å². The quantitative estimate of drug-likeness (QED) is 0.479. The standard InChI is InChI=1S/C26H41N3O5/c1-7-10-18(3)27-23(31)22(19-12-8-11-17(2)15-19)29(20-13-9-14-20)24(32)21(16-30)28-25(33)34-26(4,5)6/h8,11-12,15,18,20-22,30H,7,9-10,13-14,16H2,1-6H3,(H,27,31)(H,28,33). The maximum Gasteiger partial charge on any atom is 0.408 e. The molecule has 0 saturated heterocycles. The van der Waals surface area contributed by atoms with Crippen molar-refractivity contribution in [3.05, 3.63) is 35.4 Å². The molecule has 1 aliphatic rings. The van der Waals surface area contributed by atoms with Gasteiger partial charge in [0, 0.05) is 12.1 Å². The van der Waals surface area contributed by atoms with Gasteiger partial charge in [-0.2, -0.15) is 0 Å². The van der Waals surface area contributed by atoms with E-state index in [1.54, 1.807) is 25.7 Å². The van der Waals surface area contributed by atoms with Crippen LogP contribution in [0, 0.1) is 6.92 Å². The lowest BCUT2D eigenvalue weighted by atomic mass is 9.88. The first-order valence-corrected chi connectivity index (χ1v) is 12.3. The normalized spacial score (nSPS) is 16.6. The minimum absolute atomic E-state index is 0.0447. The van der Waals surface area contributed by atoms with Crippen molar-refractivity contribution in [1.29, 1.82) is 0 Å². The third-order valence-corrected chi connectivity index (χ3v) is 5.89. The molecule has 2 rings (SSSR count). The first-order valence-electron chi connectivity index (χ1n) is 12.3. The van der Waals surface area contributed by atoms with Crippen molar-refractivity contribution in [2.24, 2.45) is 0 Å². The van der Waals surface area contributed by atoms with Crippen molar-refractivity contribution in [2.75, 3.05) is 6.61 Å². The van der Waals surface area contributed by atoms with Crippen LogP contribution in [0.4, 0.5) is 4.79 Å². The fourth-order valence-corrected chi connectivity index (χ4v) is 4.10. The van der Waals surface area contributed by atoms with E-state index >= 15 is 0 Å². The molecule has 1 fully saturated rings. The second-order valence-corrected chi connectivity index (χ2v) is 10.2. The van der Waals surface area contributed by atoms with E-state index in [-0.39, 0.29) is 18.0 Å². The Balaban J connectivity index is 2.41. The number of ether oxygens (including phenoxy) is 1. The van der Waals surface area contributed by atoms with Crippen LogP contribution in [-0.2, 0) is 14.3 Å². The molecule has 1 aliphatic carbocycles. The lowest BCUT2D eigenvalue weighted by Gasteiger charge is -2.43. The Morgan fingerprint density at radius 3 is 2.38 bits per heavy atom. The molecular weight excluding hydrogens is 434 g/mol. The zero-order valence-electron chi connectivity index (χ0n) is 21.4. The van der Waals surface area contributed by atoms with Gasteiger partial charge in [-0.1, -0.05) is 43.2 Å². The Hall–Kier alpha value is -2.61. The van der Waals surface area contributed by atoms with Gasteiger partial charge in [-0.25, -0.2) is 4.79 Å². The summed E-state index contributed by atoms with van der Waals surface area (Å²) in [5.41, 5.74) is 0.930. The van der Waals surface area contributed by atoms with E-state index in [4.69, 9.17) is 4.74 Å². The van der Waals surface area contributed by atoms with E-state index in [0.717, 1.165) is 37.7 Å². The highest BCUT2D eigenvalue weighted by molar-refractivity contribution is 5.92. The summed E-state index contributed by atoms with van der Waals surface area (Å²) in [5, 5.41) is 15.5. The SMILES string of the molecule is CCCC(C)NC(=O)C(c1cccc(C)c1)N(C(=O)C(CO)NC(=O)OC(C)(C)C)C1CCC1. The van der Waals surface area contributed by atoms with E-state index in [9.17, 15) is 19.5 Å². The van der Waals surface area contributed by atoms with Crippen LogP contribution >= 0.6 is 0 Å². The molecule has 1 aromatic carbocycles. The number of hydrogen-bond donors (Lipinski definition) is 3. The van der Waals surface area contributed by atoms with E-state index in [2.05, 4.69) is 17.6 Å². The van der Waals surface area contributed by atoms with E-state index in [0.29, 0.717) is 5.56 Å². The molecule has 8 heteroatoms. The molecule has 0 aliphatic heterocycles. The summed E-state index contributed by atoms with van der Waals surface area (Å²) in [4.78, 5) is 41.2. The highest BCUT2D eigenvalue weighted by atomic mass is 16.6. The Morgan fingerprint density at radius 2 is 1.88 bits per heavy atom. The molecule has 0 bridgehead atoms. The average Bonchev–Trinajstić information content (AvgIpc) is 2.68. The minimum atomic E-state index is -1.22. The van der Waals surface area contributed by atoms with Crippen LogP contribution in [0.5, 0.6) is 0 Å². The second-order valence-electron chi connectivity index (χ2n) is 10.2. The number of alkyl carbamates (subject to hydrolysis) is 1. The Kier molecular flexibility index (Phi) is 9.91. The molecule has 1 saturated carbocycles. The van der Waals surface area contributed by atoms with Crippen LogP contribution in [0.15, 0.2) is 24.3 Å². The average molecular weight is 476 g/mol. The largest absolute Gasteiger partial charge is 0.444 e. The van der Waals surface area contributed by atoms with Crippen molar-refractivity contribution in [3.63, 3.8) is 0 Å². The van der Waals surface area contributed by atoms with Gasteiger partial charge >= 0.3 is 6.09 Å². The number of aliphatic hydroxyl groups excluding tert-OH is 1. The van der Waals surface area contributed by atoms with Crippen LogP contribution in [-0.4, -0.2) is 58.2 Å². The summed E-state index contributed by atoms with van der Waals surface area (Å²) in [6.07, 6.45) is 3.43. The summed E-state index contributed by atoms with van der Waals surface area (Å²) >= 11 is 0. The monoisotopic (exact) mass is 475 g/mol. The van der Waals surface area contributed by atoms with E-state index in [1.807, 2.05) is 38.1 Å². The highest BCUT2D eigenvalue weighted by Crippen LogP contribution is 2.34. The molecule has 3 unspecified atom stereocenters. The Bertz CT molecular complexity index is 847. The number of carbonyl (C=O) groups is 3. The number of nitrogens with one attached hydrogen (secondary N) is 2. The zero-order valence-corrected chi connectivity index (χ0v) is 21.4. The van der Waals surface area contributed by atoms with Gasteiger partial charge in [0.2, 0.25) is 11.8 Å². The first kappa shape index (κ1) is 27.6. The molecule has 8 nitrogen and oxygen atoms in total. The van der Waals surface area contributed by atoms with Gasteiger partial charge in [0.25, 0.3) is 0 Å². The number of aryl methyl sites for hydroxylation is 1. The molecule has 34 heavy (non-hydrogen) atoms. The van der Waals surface area contributed by atoms with E-state index in [1.165, 1.54) is 0 Å². The van der Waals surface area contributed by atoms with Crippen LogP contribution in [0.25, 0.3) is 0 Å². The molecule has 190 valence electrons. The van der Waals surface area contributed by atoms with E-state index < -0.39 is 36.3 Å². The van der Waals surface area contributed by atoms with Gasteiger partial charge < -0.3 is 25.4 Å². The molecular formula is C26H41N3O5. The maximum atomic E-state index is 13.7. The third-order valence-electron chi connectivity index (χ3n) is 5.89. The van der Waals surface area contributed by atoms with Gasteiger partial charge in [0.05, 0.1) is 6.61 Å². The molecule has 0 heterocycles. The second kappa shape index (κ2) is 12.2. The van der Waals surface area contributed by atoms with Crippen molar-refractivity contribution in [3.8, 4) is 0 Å². The molecule has 0 radical (unpaired) electrons. The highest BCUT2D eigenvalue weighted by Gasteiger charge is 2.42. The van der Waals surface area contributed by atoms with Crippen molar-refractivity contribution in [1.82, 2.24) is 15.5 Å². The summed E-state index contributed by atoms with van der Waals surface area (Å²) in [6.45, 7) is 10.5. The van der Waals surface area contributed by atoms with Gasteiger partial charge in [-0.15, -0.1) is 0 Å². The zero-order chi connectivity index (χ0) is 25.5. The van der Waals surface area contributed by atoms with Gasteiger partial charge in [-0.05, 0) is 65.9 Å². The number of carbonyl (C=O) groups excluding carboxylic acids is 3. The van der Waals surface area contributed by atoms with Gasteiger partial charge in [0.15, 0.2) is 0 Å². The van der Waals surface area contributed by atoms with Gasteiger partial charge in [0.1, 0.15) is 17.7 Å². The number of amides is 3. The van der Waals surface area contributed by atoms with Crippen molar-refractivity contribution >= 4 is 17.9 Å². The third kappa shape index (κ3) is 7.72. The maximum absolute atomic E-state index is 13.7. The van der Waals surface area contributed by atoms with Crippen LogP contribution in [0.2, 0.25) is 0 Å². The number of aliphatic hydroxyl groups is 1. The number of hydrogen-bond acceptors (Lipinski definition) is 5. The van der Waals surface area contributed by atoms with Crippen LogP contribution in [0.1, 0.15) is 83.9 Å². The lowest BCUT2D eigenvalue weighted by molar-refractivity contribution is -0.148. The summed E-state index contributed by atoms with van der Waals surface area (Å²) in [5.74, 6) is -0.761. The molecule has 3 amide bonds. The predicted octanol–water partition coefficient (Wildman–Crippen LogP) is 3.61. The fourth-order valence-electron chi connectivity index (χ4n) is 4.10. The molecule has 0 spiro atoms. The van der Waals surface area contributed by atoms with Gasteiger partial charge in [-0.3, -0.25) is 9.59 Å². The lowest BCUT2D eigenvalue weighted by Crippen LogP contribution is -2.58. The summed E-state index contributed by atoms with van der Waals surface area (Å²) in [6, 6.07) is 5.27. The van der Waals surface area contributed by atoms with Crippen LogP contribution < -0.4 is 10.6 Å². The Labute approximate surface area is 203 Å². The molecule has 3 atom stereocenters. The molecule has 1 aromatic rings. The first-order chi connectivity index (χ1) is 16.0. The summed E-state index contributed by atoms with van der Waals surface area (Å²) < 4.78 is 5.28. The fraction of sp³-hybridized carbons (Fsp3) is 0.654.